The zero-order valence-corrected chi connectivity index (χ0v) is 15.3. The Hall–Kier alpha value is -1.26. The maximum absolute atomic E-state index is 10.6. The Balaban J connectivity index is 3.00. The SMILES string of the molecule is CC(=O)NCCOCCOCCOCCOCCOCCNC(C)=O. The highest BCUT2D eigenvalue weighted by molar-refractivity contribution is 5.73. The fourth-order valence-electron chi connectivity index (χ4n) is 1.58. The van der Waals surface area contributed by atoms with Gasteiger partial charge in [0, 0.05) is 26.9 Å². The summed E-state index contributed by atoms with van der Waals surface area (Å²) in [7, 11) is 0. The van der Waals surface area contributed by atoms with Gasteiger partial charge >= 0.3 is 0 Å². The first-order chi connectivity index (χ1) is 12.1. The molecule has 0 aromatic heterocycles. The summed E-state index contributed by atoms with van der Waals surface area (Å²) < 4.78 is 26.6. The molecule has 0 heterocycles. The minimum atomic E-state index is -0.0598. The average Bonchev–Trinajstić information content (AvgIpc) is 2.56. The van der Waals surface area contributed by atoms with Gasteiger partial charge in [-0.05, 0) is 0 Å². The molecule has 0 aromatic rings. The molecule has 0 aliphatic carbocycles. The van der Waals surface area contributed by atoms with Crippen molar-refractivity contribution in [3.63, 3.8) is 0 Å². The third-order valence-corrected chi connectivity index (χ3v) is 2.73. The van der Waals surface area contributed by atoms with Gasteiger partial charge in [-0.1, -0.05) is 0 Å². The first-order valence-electron chi connectivity index (χ1n) is 8.50. The van der Waals surface area contributed by atoms with Crippen LogP contribution in [0, 0.1) is 0 Å². The Morgan fingerprint density at radius 2 is 0.760 bits per heavy atom. The van der Waals surface area contributed by atoms with E-state index in [1.54, 1.807) is 0 Å². The van der Waals surface area contributed by atoms with Gasteiger partial charge in [-0.2, -0.15) is 0 Å². The van der Waals surface area contributed by atoms with Crippen molar-refractivity contribution in [3.8, 4) is 0 Å². The predicted molar refractivity (Wildman–Crippen MR) is 91.5 cm³/mol. The molecule has 0 saturated carbocycles. The van der Waals surface area contributed by atoms with Crippen LogP contribution in [-0.4, -0.2) is 91.0 Å². The lowest BCUT2D eigenvalue weighted by Gasteiger charge is -2.08. The summed E-state index contributed by atoms with van der Waals surface area (Å²) in [5.74, 6) is -0.120. The molecule has 9 nitrogen and oxygen atoms in total. The second-order valence-corrected chi connectivity index (χ2v) is 5.03. The first-order valence-corrected chi connectivity index (χ1v) is 8.50. The van der Waals surface area contributed by atoms with E-state index in [1.807, 2.05) is 0 Å². The highest BCUT2D eigenvalue weighted by Crippen LogP contribution is 1.83. The molecule has 9 heteroatoms. The molecule has 2 N–H and O–H groups in total. The van der Waals surface area contributed by atoms with Crippen molar-refractivity contribution in [2.45, 2.75) is 13.8 Å². The molecule has 0 atom stereocenters. The fourth-order valence-corrected chi connectivity index (χ4v) is 1.58. The number of ether oxygens (including phenoxy) is 5. The van der Waals surface area contributed by atoms with Gasteiger partial charge in [-0.3, -0.25) is 9.59 Å². The number of amides is 2. The van der Waals surface area contributed by atoms with E-state index in [0.29, 0.717) is 79.2 Å². The largest absolute Gasteiger partial charge is 0.377 e. The van der Waals surface area contributed by atoms with Crippen LogP contribution in [0.5, 0.6) is 0 Å². The molecular weight excluding hydrogens is 332 g/mol. The predicted octanol–water partition coefficient (Wildman–Crippen LogP) is -0.658. The maximum Gasteiger partial charge on any atom is 0.216 e. The Kier molecular flexibility index (Phi) is 18.1. The Bertz CT molecular complexity index is 300. The molecule has 2 amide bonds. The summed E-state index contributed by atoms with van der Waals surface area (Å²) in [4.78, 5) is 21.2. The van der Waals surface area contributed by atoms with E-state index in [0.717, 1.165) is 0 Å². The van der Waals surface area contributed by atoms with Gasteiger partial charge in [0.05, 0.1) is 66.1 Å². The van der Waals surface area contributed by atoms with Gasteiger partial charge in [-0.25, -0.2) is 0 Å². The molecule has 0 spiro atoms. The highest BCUT2D eigenvalue weighted by atomic mass is 16.6. The molecule has 0 fully saturated rings. The fraction of sp³-hybridized carbons (Fsp3) is 0.875. The van der Waals surface area contributed by atoms with E-state index in [2.05, 4.69) is 10.6 Å². The van der Waals surface area contributed by atoms with E-state index in [4.69, 9.17) is 23.7 Å². The lowest BCUT2D eigenvalue weighted by Crippen LogP contribution is -2.25. The topological polar surface area (TPSA) is 104 Å². The normalized spacial score (nSPS) is 10.6. The second-order valence-electron chi connectivity index (χ2n) is 5.03. The standard InChI is InChI=1S/C16H32N2O7/c1-15(19)17-3-5-21-7-9-23-11-13-25-14-12-24-10-8-22-6-4-18-16(2)20/h3-14H2,1-2H3,(H,17,19)(H,18,20). The first kappa shape index (κ1) is 23.7. The van der Waals surface area contributed by atoms with Crippen molar-refractivity contribution in [2.24, 2.45) is 0 Å². The quantitative estimate of drug-likeness (QED) is 0.311. The minimum Gasteiger partial charge on any atom is -0.377 e. The summed E-state index contributed by atoms with van der Waals surface area (Å²) >= 11 is 0. The van der Waals surface area contributed by atoms with E-state index >= 15 is 0 Å². The summed E-state index contributed by atoms with van der Waals surface area (Å²) in [6.07, 6.45) is 0. The number of nitrogens with one attached hydrogen (secondary N) is 2. The maximum atomic E-state index is 10.6. The lowest BCUT2D eigenvalue weighted by atomic mass is 10.6. The minimum absolute atomic E-state index is 0.0598. The molecule has 0 radical (unpaired) electrons. The van der Waals surface area contributed by atoms with Crippen LogP contribution >= 0.6 is 0 Å². The molecule has 0 aliphatic heterocycles. The smallest absolute Gasteiger partial charge is 0.216 e. The Morgan fingerprint density at radius 3 is 1.00 bits per heavy atom. The molecule has 0 aromatic carbocycles. The van der Waals surface area contributed by atoms with E-state index in [-0.39, 0.29) is 11.8 Å². The summed E-state index contributed by atoms with van der Waals surface area (Å²) in [6.45, 7) is 8.91. The third kappa shape index (κ3) is 22.7. The van der Waals surface area contributed by atoms with Crippen LogP contribution in [0.2, 0.25) is 0 Å². The van der Waals surface area contributed by atoms with Gasteiger partial charge in [-0.15, -0.1) is 0 Å². The van der Waals surface area contributed by atoms with E-state index < -0.39 is 0 Å². The molecule has 0 aliphatic rings. The van der Waals surface area contributed by atoms with E-state index in [9.17, 15) is 9.59 Å². The summed E-state index contributed by atoms with van der Waals surface area (Å²) in [5, 5.41) is 5.28. The third-order valence-electron chi connectivity index (χ3n) is 2.73. The second kappa shape index (κ2) is 19.1. The number of hydrogen-bond donors (Lipinski definition) is 2. The molecule has 0 rings (SSSR count). The average molecular weight is 364 g/mol. The molecule has 25 heavy (non-hydrogen) atoms. The van der Waals surface area contributed by atoms with Crippen LogP contribution in [0.25, 0.3) is 0 Å². The zero-order valence-electron chi connectivity index (χ0n) is 15.3. The van der Waals surface area contributed by atoms with Crippen molar-refractivity contribution in [3.05, 3.63) is 0 Å². The van der Waals surface area contributed by atoms with Gasteiger partial charge < -0.3 is 34.3 Å². The van der Waals surface area contributed by atoms with Crippen LogP contribution < -0.4 is 10.6 Å². The van der Waals surface area contributed by atoms with Crippen LogP contribution in [0.15, 0.2) is 0 Å². The monoisotopic (exact) mass is 364 g/mol. The van der Waals surface area contributed by atoms with Gasteiger partial charge in [0.1, 0.15) is 0 Å². The molecular formula is C16H32N2O7. The van der Waals surface area contributed by atoms with Gasteiger partial charge in [0.15, 0.2) is 0 Å². The van der Waals surface area contributed by atoms with Crippen LogP contribution in [0.3, 0.4) is 0 Å². The van der Waals surface area contributed by atoms with Crippen LogP contribution in [0.1, 0.15) is 13.8 Å². The number of carbonyl (C=O) groups is 2. The Morgan fingerprint density at radius 1 is 0.520 bits per heavy atom. The van der Waals surface area contributed by atoms with Crippen LogP contribution in [-0.2, 0) is 33.3 Å². The van der Waals surface area contributed by atoms with Crippen molar-refractivity contribution in [1.29, 1.82) is 0 Å². The Labute approximate surface area is 149 Å². The zero-order chi connectivity index (χ0) is 18.6. The van der Waals surface area contributed by atoms with Crippen molar-refractivity contribution >= 4 is 11.8 Å². The number of rotatable bonds is 18. The molecule has 0 unspecified atom stereocenters. The van der Waals surface area contributed by atoms with Crippen LogP contribution in [0.4, 0.5) is 0 Å². The van der Waals surface area contributed by atoms with Crippen molar-refractivity contribution in [2.75, 3.05) is 79.2 Å². The lowest BCUT2D eigenvalue weighted by molar-refractivity contribution is -0.120. The summed E-state index contributed by atoms with van der Waals surface area (Å²) in [6, 6.07) is 0. The number of carbonyl (C=O) groups excluding carboxylic acids is 2. The highest BCUT2D eigenvalue weighted by Gasteiger charge is 1.95. The van der Waals surface area contributed by atoms with Crippen molar-refractivity contribution < 1.29 is 33.3 Å². The molecule has 148 valence electrons. The van der Waals surface area contributed by atoms with E-state index in [1.165, 1.54) is 13.8 Å². The van der Waals surface area contributed by atoms with Gasteiger partial charge in [0.25, 0.3) is 0 Å². The number of hydrogen-bond acceptors (Lipinski definition) is 7. The summed E-state index contributed by atoms with van der Waals surface area (Å²) in [5.41, 5.74) is 0. The molecule has 0 bridgehead atoms. The molecule has 0 saturated heterocycles. The van der Waals surface area contributed by atoms with Gasteiger partial charge in [0.2, 0.25) is 11.8 Å². The van der Waals surface area contributed by atoms with Crippen molar-refractivity contribution in [1.82, 2.24) is 10.6 Å².